The summed E-state index contributed by atoms with van der Waals surface area (Å²) in [6.45, 7) is 4.82. The number of rotatable bonds is 4. The van der Waals surface area contributed by atoms with E-state index in [9.17, 15) is 14.0 Å². The minimum absolute atomic E-state index is 0.0386. The number of nitrogens with one attached hydrogen (secondary N) is 2. The van der Waals surface area contributed by atoms with Gasteiger partial charge < -0.3 is 10.2 Å². The Morgan fingerprint density at radius 2 is 2.03 bits per heavy atom. The third-order valence-corrected chi connectivity index (χ3v) is 4.93. The highest BCUT2D eigenvalue weighted by Crippen LogP contribution is 2.28. The second-order valence-corrected chi connectivity index (χ2v) is 7.16. The van der Waals surface area contributed by atoms with Crippen molar-refractivity contribution in [3.63, 3.8) is 0 Å². The number of aromatic nitrogens is 4. The van der Waals surface area contributed by atoms with Crippen molar-refractivity contribution in [2.24, 2.45) is 0 Å². The summed E-state index contributed by atoms with van der Waals surface area (Å²) in [5.41, 5.74) is 1.51. The number of halogens is 1. The molecule has 0 spiro atoms. The van der Waals surface area contributed by atoms with Crippen LogP contribution < -0.4 is 15.5 Å². The van der Waals surface area contributed by atoms with Crippen molar-refractivity contribution in [1.29, 1.82) is 0 Å². The minimum atomic E-state index is -0.889. The van der Waals surface area contributed by atoms with Crippen LogP contribution in [-0.4, -0.2) is 56.7 Å². The summed E-state index contributed by atoms with van der Waals surface area (Å²) in [7, 11) is 0. The summed E-state index contributed by atoms with van der Waals surface area (Å²) >= 11 is 0. The van der Waals surface area contributed by atoms with Gasteiger partial charge in [0.15, 0.2) is 5.65 Å². The number of fused-ring (bicyclic) bond motifs is 1. The van der Waals surface area contributed by atoms with Crippen molar-refractivity contribution in [3.05, 3.63) is 17.3 Å². The Hall–Kier alpha value is -3.04. The van der Waals surface area contributed by atoms with Crippen molar-refractivity contribution >= 4 is 35.4 Å². The molecule has 1 atom stereocenters. The summed E-state index contributed by atoms with van der Waals surface area (Å²) in [5.74, 6) is 0.277. The van der Waals surface area contributed by atoms with E-state index in [1.165, 1.54) is 0 Å². The molecule has 2 aliphatic heterocycles. The largest absolute Gasteiger partial charge is 0.351 e. The quantitative estimate of drug-likeness (QED) is 0.593. The second kappa shape index (κ2) is 7.76. The van der Waals surface area contributed by atoms with Crippen LogP contribution in [-0.2, 0) is 9.59 Å². The molecular weight excluding hydrogens is 377 g/mol. The highest BCUT2D eigenvalue weighted by Gasteiger charge is 2.29. The van der Waals surface area contributed by atoms with Crippen LogP contribution in [0, 0.1) is 0 Å². The van der Waals surface area contributed by atoms with Crippen LogP contribution >= 0.6 is 0 Å². The Kier molecular flexibility index (Phi) is 5.16. The van der Waals surface area contributed by atoms with Crippen LogP contribution in [0.3, 0.4) is 0 Å². The van der Waals surface area contributed by atoms with Crippen LogP contribution in [0.25, 0.3) is 11.7 Å². The molecule has 0 radical (unpaired) electrons. The highest BCUT2D eigenvalue weighted by molar-refractivity contribution is 6.15. The number of carbonyl (C=O) groups excluding carboxylic acids is 2. The number of carbonyl (C=O) groups is 2. The number of nitrogens with zero attached hydrogens (tertiary/aromatic N) is 5. The van der Waals surface area contributed by atoms with Crippen molar-refractivity contribution in [3.8, 4) is 0 Å². The lowest BCUT2D eigenvalue weighted by atomic mass is 10.1. The first-order chi connectivity index (χ1) is 14.1. The summed E-state index contributed by atoms with van der Waals surface area (Å²) in [4.78, 5) is 34.2. The Morgan fingerprint density at radius 1 is 1.24 bits per heavy atom. The number of imide groups is 1. The maximum atomic E-state index is 13.7. The third kappa shape index (κ3) is 3.92. The monoisotopic (exact) mass is 401 g/mol. The van der Waals surface area contributed by atoms with Gasteiger partial charge in [0.2, 0.25) is 17.8 Å². The molecule has 3 fully saturated rings. The van der Waals surface area contributed by atoms with Gasteiger partial charge in [-0.25, -0.2) is 4.39 Å². The molecule has 9 nitrogen and oxygen atoms in total. The van der Waals surface area contributed by atoms with E-state index in [1.807, 2.05) is 18.7 Å². The van der Waals surface area contributed by atoms with Gasteiger partial charge in [-0.3, -0.25) is 14.9 Å². The number of hydrogen-bond acceptors (Lipinski definition) is 7. The molecule has 2 amide bonds. The SMILES string of the molecule is CC.O=C1C/C(=C\c2cnn3c(N4CC[C@@H](F)C4)nc(NC4CC4)nc23)C(=O)N1. The van der Waals surface area contributed by atoms with Crippen LogP contribution in [0.4, 0.5) is 16.3 Å². The van der Waals surface area contributed by atoms with Crippen LogP contribution in [0.5, 0.6) is 0 Å². The van der Waals surface area contributed by atoms with Gasteiger partial charge in [0, 0.05) is 23.7 Å². The third-order valence-electron chi connectivity index (χ3n) is 4.93. The fraction of sp³-hybridized carbons (Fsp3) is 0.526. The number of hydrogen-bond donors (Lipinski definition) is 2. The Labute approximate surface area is 167 Å². The van der Waals surface area contributed by atoms with E-state index < -0.39 is 12.1 Å². The summed E-state index contributed by atoms with van der Waals surface area (Å²) in [6, 6.07) is 0.357. The fourth-order valence-corrected chi connectivity index (χ4v) is 3.37. The number of anilines is 2. The second-order valence-electron chi connectivity index (χ2n) is 7.16. The zero-order valence-electron chi connectivity index (χ0n) is 16.5. The van der Waals surface area contributed by atoms with Gasteiger partial charge in [0.25, 0.3) is 5.91 Å². The molecule has 10 heteroatoms. The number of amides is 2. The first-order valence-electron chi connectivity index (χ1n) is 10.0. The Bertz CT molecular complexity index is 982. The fourth-order valence-electron chi connectivity index (χ4n) is 3.37. The smallest absolute Gasteiger partial charge is 0.254 e. The molecule has 0 unspecified atom stereocenters. The predicted molar refractivity (Wildman–Crippen MR) is 106 cm³/mol. The molecular formula is C19H24FN7O2. The molecule has 154 valence electrons. The lowest BCUT2D eigenvalue weighted by Crippen LogP contribution is -2.25. The van der Waals surface area contributed by atoms with Crippen LogP contribution in [0.1, 0.15) is 45.1 Å². The average molecular weight is 401 g/mol. The first kappa shape index (κ1) is 19.3. The van der Waals surface area contributed by atoms with E-state index >= 15 is 0 Å². The summed E-state index contributed by atoms with van der Waals surface area (Å²) in [6.07, 6.45) is 4.95. The molecule has 1 saturated carbocycles. The van der Waals surface area contributed by atoms with E-state index in [4.69, 9.17) is 0 Å². The normalized spacial score (nSPS) is 22.8. The van der Waals surface area contributed by atoms with E-state index in [2.05, 4.69) is 25.7 Å². The van der Waals surface area contributed by atoms with Gasteiger partial charge in [-0.1, -0.05) is 13.8 Å². The van der Waals surface area contributed by atoms with E-state index in [-0.39, 0.29) is 18.9 Å². The van der Waals surface area contributed by atoms with Crippen molar-refractivity contribution < 1.29 is 14.0 Å². The van der Waals surface area contributed by atoms with E-state index in [0.717, 1.165) is 12.8 Å². The highest BCUT2D eigenvalue weighted by atomic mass is 19.1. The molecule has 4 heterocycles. The van der Waals surface area contributed by atoms with Gasteiger partial charge in [0.05, 0.1) is 19.2 Å². The predicted octanol–water partition coefficient (Wildman–Crippen LogP) is 1.70. The number of alkyl halides is 1. The van der Waals surface area contributed by atoms with Crippen molar-refractivity contribution in [2.45, 2.75) is 51.7 Å². The van der Waals surface area contributed by atoms with Crippen molar-refractivity contribution in [1.82, 2.24) is 24.9 Å². The molecule has 1 aliphatic carbocycles. The van der Waals surface area contributed by atoms with E-state index in [0.29, 0.717) is 47.7 Å². The first-order valence-corrected chi connectivity index (χ1v) is 10.0. The van der Waals surface area contributed by atoms with Crippen LogP contribution in [0.2, 0.25) is 0 Å². The van der Waals surface area contributed by atoms with Gasteiger partial charge >= 0.3 is 0 Å². The van der Waals surface area contributed by atoms with Gasteiger partial charge in [0.1, 0.15) is 6.17 Å². The molecule has 0 bridgehead atoms. The zero-order chi connectivity index (χ0) is 20.5. The summed E-state index contributed by atoms with van der Waals surface area (Å²) < 4.78 is 15.3. The molecule has 5 rings (SSSR count). The van der Waals surface area contributed by atoms with Gasteiger partial charge in [-0.15, -0.1) is 0 Å². The zero-order valence-corrected chi connectivity index (χ0v) is 16.5. The molecule has 2 saturated heterocycles. The standard InChI is InChI=1S/C17H18FN7O2.C2H6/c18-11-3-4-24(8-11)17-23-16(20-12-1-2-12)22-14-10(7-19-25(14)17)5-9-6-13(26)21-15(9)27;1-2/h5,7,11-12H,1-4,6,8H2,(H,20,22)(H,21,26,27);1-2H3/b9-5+;/t11-;/m1./s1. The van der Waals surface area contributed by atoms with Gasteiger partial charge in [-0.05, 0) is 25.3 Å². The molecule has 2 N–H and O–H groups in total. The van der Waals surface area contributed by atoms with Gasteiger partial charge in [-0.2, -0.15) is 19.6 Å². The molecule has 3 aliphatic rings. The average Bonchev–Trinajstić information content (AvgIpc) is 3.11. The summed E-state index contributed by atoms with van der Waals surface area (Å²) in [5, 5.41) is 9.89. The molecule has 2 aromatic rings. The maximum absolute atomic E-state index is 13.7. The van der Waals surface area contributed by atoms with Crippen LogP contribution in [0.15, 0.2) is 11.8 Å². The maximum Gasteiger partial charge on any atom is 0.254 e. The molecule has 0 aromatic carbocycles. The lowest BCUT2D eigenvalue weighted by Gasteiger charge is -2.18. The minimum Gasteiger partial charge on any atom is -0.351 e. The topological polar surface area (TPSA) is 105 Å². The molecule has 29 heavy (non-hydrogen) atoms. The van der Waals surface area contributed by atoms with E-state index in [1.54, 1.807) is 16.8 Å². The Balaban J connectivity index is 0.000000994. The Morgan fingerprint density at radius 3 is 2.66 bits per heavy atom. The lowest BCUT2D eigenvalue weighted by molar-refractivity contribution is -0.124. The van der Waals surface area contributed by atoms with Crippen molar-refractivity contribution in [2.75, 3.05) is 23.3 Å². The molecule has 2 aromatic heterocycles.